The van der Waals surface area contributed by atoms with Crippen LogP contribution in [0.5, 0.6) is 5.75 Å². The van der Waals surface area contributed by atoms with Crippen LogP contribution in [-0.4, -0.2) is 27.3 Å². The number of rotatable bonds is 6. The molecule has 1 atom stereocenters. The Bertz CT molecular complexity index is 739. The molecule has 0 fully saturated rings. The normalized spacial score (nSPS) is 14.3. The number of aryl methyl sites for hydroxylation is 2. The maximum atomic E-state index is 12.1. The van der Waals surface area contributed by atoms with Gasteiger partial charge in [0.2, 0.25) is 5.91 Å². The average molecular weight is 328 g/mol. The van der Waals surface area contributed by atoms with Crippen LogP contribution in [0, 0.1) is 13.8 Å². The first kappa shape index (κ1) is 16.5. The third kappa shape index (κ3) is 3.42. The predicted molar refractivity (Wildman–Crippen MR) is 90.9 cm³/mol. The number of nitrogens with zero attached hydrogens (tertiary/aromatic N) is 3. The molecular weight excluding hydrogens is 304 g/mol. The molecule has 1 aromatic heterocycles. The Morgan fingerprint density at radius 1 is 1.38 bits per heavy atom. The van der Waals surface area contributed by atoms with Gasteiger partial charge in [-0.05, 0) is 44.4 Å². The van der Waals surface area contributed by atoms with E-state index in [9.17, 15) is 4.79 Å². The summed E-state index contributed by atoms with van der Waals surface area (Å²) in [4.78, 5) is 12.1. The summed E-state index contributed by atoms with van der Waals surface area (Å²) in [5.74, 6) is 2.66. The molecule has 1 aromatic carbocycles. The predicted octanol–water partition coefficient (Wildman–Crippen LogP) is 2.49. The minimum atomic E-state index is -0.141. The number of ether oxygens (including phenoxy) is 1. The van der Waals surface area contributed by atoms with Crippen molar-refractivity contribution in [2.75, 3.05) is 6.61 Å². The van der Waals surface area contributed by atoms with Gasteiger partial charge < -0.3 is 14.6 Å². The molecule has 0 bridgehead atoms. The second-order valence-corrected chi connectivity index (χ2v) is 6.32. The van der Waals surface area contributed by atoms with Crippen LogP contribution in [0.3, 0.4) is 0 Å². The molecule has 128 valence electrons. The number of benzene rings is 1. The van der Waals surface area contributed by atoms with Crippen molar-refractivity contribution in [1.82, 2.24) is 20.1 Å². The van der Waals surface area contributed by atoms with Crippen LogP contribution in [-0.2, 0) is 17.8 Å². The molecule has 1 aliphatic heterocycles. The van der Waals surface area contributed by atoms with E-state index in [1.165, 1.54) is 5.56 Å². The van der Waals surface area contributed by atoms with Crippen LogP contribution in [0.25, 0.3) is 0 Å². The summed E-state index contributed by atoms with van der Waals surface area (Å²) in [6.07, 6.45) is 2.39. The highest BCUT2D eigenvalue weighted by molar-refractivity contribution is 5.76. The monoisotopic (exact) mass is 328 g/mol. The lowest BCUT2D eigenvalue weighted by atomic mass is 10.1. The molecule has 6 heteroatoms. The van der Waals surface area contributed by atoms with Gasteiger partial charge in [0.25, 0.3) is 0 Å². The van der Waals surface area contributed by atoms with Gasteiger partial charge in [-0.15, -0.1) is 10.2 Å². The van der Waals surface area contributed by atoms with Crippen molar-refractivity contribution in [2.45, 2.75) is 52.6 Å². The molecule has 6 nitrogen and oxygen atoms in total. The number of aromatic nitrogens is 3. The number of nitrogens with one attached hydrogen (secondary N) is 1. The van der Waals surface area contributed by atoms with Crippen LogP contribution in [0.15, 0.2) is 18.2 Å². The number of amides is 1. The molecule has 1 aliphatic rings. The standard InChI is InChI=1S/C18H24N4O2/c1-12-6-4-7-15(13(12)2)24-11-9-17(23)19-14(3)18-21-20-16-8-5-10-22(16)18/h4,6-7,14H,5,8-11H2,1-3H3,(H,19,23)/t14-/m0/s1. The summed E-state index contributed by atoms with van der Waals surface area (Å²) < 4.78 is 7.85. The average Bonchev–Trinajstić information content (AvgIpc) is 3.14. The van der Waals surface area contributed by atoms with E-state index in [2.05, 4.69) is 20.1 Å². The van der Waals surface area contributed by atoms with E-state index in [1.54, 1.807) is 0 Å². The zero-order valence-corrected chi connectivity index (χ0v) is 14.5. The van der Waals surface area contributed by atoms with Crippen LogP contribution >= 0.6 is 0 Å². The van der Waals surface area contributed by atoms with Gasteiger partial charge in [0.05, 0.1) is 19.1 Å². The number of hydrogen-bond acceptors (Lipinski definition) is 4. The first-order valence-corrected chi connectivity index (χ1v) is 8.46. The Hall–Kier alpha value is -2.37. The fraction of sp³-hybridized carbons (Fsp3) is 0.500. The molecular formula is C18H24N4O2. The number of carbonyl (C=O) groups excluding carboxylic acids is 1. The fourth-order valence-corrected chi connectivity index (χ4v) is 3.01. The Kier molecular flexibility index (Phi) is 4.83. The van der Waals surface area contributed by atoms with E-state index in [-0.39, 0.29) is 11.9 Å². The van der Waals surface area contributed by atoms with Crippen molar-refractivity contribution in [3.8, 4) is 5.75 Å². The minimum absolute atomic E-state index is 0.0387. The molecule has 0 saturated heterocycles. The molecule has 0 spiro atoms. The highest BCUT2D eigenvalue weighted by Gasteiger charge is 2.22. The van der Waals surface area contributed by atoms with Crippen molar-refractivity contribution in [2.24, 2.45) is 0 Å². The molecule has 24 heavy (non-hydrogen) atoms. The first-order valence-electron chi connectivity index (χ1n) is 8.46. The van der Waals surface area contributed by atoms with E-state index in [0.717, 1.165) is 42.3 Å². The second kappa shape index (κ2) is 7.03. The zero-order chi connectivity index (χ0) is 17.1. The molecule has 0 saturated carbocycles. The molecule has 3 rings (SSSR count). The van der Waals surface area contributed by atoms with Crippen molar-refractivity contribution in [3.63, 3.8) is 0 Å². The Labute approximate surface area is 142 Å². The third-order valence-electron chi connectivity index (χ3n) is 4.54. The minimum Gasteiger partial charge on any atom is -0.493 e. The third-order valence-corrected chi connectivity index (χ3v) is 4.54. The Morgan fingerprint density at radius 3 is 3.04 bits per heavy atom. The van der Waals surface area contributed by atoms with Crippen LogP contribution in [0.1, 0.15) is 48.6 Å². The quantitative estimate of drug-likeness (QED) is 0.884. The van der Waals surface area contributed by atoms with E-state index in [4.69, 9.17) is 4.74 Å². The summed E-state index contributed by atoms with van der Waals surface area (Å²) in [5.41, 5.74) is 2.30. The van der Waals surface area contributed by atoms with Gasteiger partial charge in [-0.25, -0.2) is 0 Å². The summed E-state index contributed by atoms with van der Waals surface area (Å²) >= 11 is 0. The van der Waals surface area contributed by atoms with Crippen molar-refractivity contribution >= 4 is 5.91 Å². The van der Waals surface area contributed by atoms with Gasteiger partial charge in [0, 0.05) is 13.0 Å². The first-order chi connectivity index (χ1) is 11.6. The fourth-order valence-electron chi connectivity index (χ4n) is 3.01. The van der Waals surface area contributed by atoms with E-state index in [1.807, 2.05) is 39.0 Å². The van der Waals surface area contributed by atoms with Gasteiger partial charge in [-0.1, -0.05) is 12.1 Å². The molecule has 0 aliphatic carbocycles. The van der Waals surface area contributed by atoms with Crippen LogP contribution in [0.2, 0.25) is 0 Å². The number of fused-ring (bicyclic) bond motifs is 1. The topological polar surface area (TPSA) is 69.0 Å². The largest absolute Gasteiger partial charge is 0.493 e. The van der Waals surface area contributed by atoms with Crippen LogP contribution in [0.4, 0.5) is 0 Å². The van der Waals surface area contributed by atoms with E-state index in [0.29, 0.717) is 13.0 Å². The molecule has 0 radical (unpaired) electrons. The summed E-state index contributed by atoms with van der Waals surface area (Å²) in [6, 6.07) is 5.80. The maximum Gasteiger partial charge on any atom is 0.224 e. The maximum absolute atomic E-state index is 12.1. The van der Waals surface area contributed by atoms with Gasteiger partial charge in [-0.3, -0.25) is 4.79 Å². The Balaban J connectivity index is 1.49. The van der Waals surface area contributed by atoms with Gasteiger partial charge >= 0.3 is 0 Å². The van der Waals surface area contributed by atoms with E-state index < -0.39 is 0 Å². The van der Waals surface area contributed by atoms with Crippen molar-refractivity contribution in [1.29, 1.82) is 0 Å². The molecule has 1 amide bonds. The van der Waals surface area contributed by atoms with Crippen molar-refractivity contribution in [3.05, 3.63) is 41.0 Å². The smallest absolute Gasteiger partial charge is 0.224 e. The number of hydrogen-bond donors (Lipinski definition) is 1. The lowest BCUT2D eigenvalue weighted by Gasteiger charge is -2.15. The highest BCUT2D eigenvalue weighted by atomic mass is 16.5. The Morgan fingerprint density at radius 2 is 2.21 bits per heavy atom. The molecule has 2 heterocycles. The summed E-state index contributed by atoms with van der Waals surface area (Å²) in [7, 11) is 0. The molecule has 2 aromatic rings. The highest BCUT2D eigenvalue weighted by Crippen LogP contribution is 2.21. The lowest BCUT2D eigenvalue weighted by molar-refractivity contribution is -0.122. The van der Waals surface area contributed by atoms with Gasteiger partial charge in [-0.2, -0.15) is 0 Å². The number of carbonyl (C=O) groups is 1. The second-order valence-electron chi connectivity index (χ2n) is 6.32. The summed E-state index contributed by atoms with van der Waals surface area (Å²) in [6.45, 7) is 7.32. The van der Waals surface area contributed by atoms with Gasteiger partial charge in [0.15, 0.2) is 5.82 Å². The molecule has 1 N–H and O–H groups in total. The zero-order valence-electron chi connectivity index (χ0n) is 14.5. The van der Waals surface area contributed by atoms with E-state index >= 15 is 0 Å². The van der Waals surface area contributed by atoms with Crippen molar-refractivity contribution < 1.29 is 9.53 Å². The summed E-state index contributed by atoms with van der Waals surface area (Å²) in [5, 5.41) is 11.4. The SMILES string of the molecule is Cc1cccc(OCCC(=O)N[C@@H](C)c2nnc3n2CCC3)c1C. The van der Waals surface area contributed by atoms with Gasteiger partial charge in [0.1, 0.15) is 11.6 Å². The lowest BCUT2D eigenvalue weighted by Crippen LogP contribution is -2.29. The molecule has 0 unspecified atom stereocenters. The van der Waals surface area contributed by atoms with Crippen LogP contribution < -0.4 is 10.1 Å².